The van der Waals surface area contributed by atoms with Gasteiger partial charge in [-0.2, -0.15) is 0 Å². The fourth-order valence-corrected chi connectivity index (χ4v) is 3.40. The molecule has 1 saturated heterocycles. The fourth-order valence-electron chi connectivity index (χ4n) is 2.90. The second-order valence-electron chi connectivity index (χ2n) is 6.49. The van der Waals surface area contributed by atoms with E-state index in [1.54, 1.807) is 11.8 Å². The molecule has 8 nitrogen and oxygen atoms in total. The maximum atomic E-state index is 12.2. The molecule has 0 saturated carbocycles. The van der Waals surface area contributed by atoms with Crippen LogP contribution in [0.25, 0.3) is 0 Å². The third-order valence-electron chi connectivity index (χ3n) is 4.49. The highest BCUT2D eigenvalue weighted by Gasteiger charge is 2.28. The Bertz CT molecular complexity index is 779. The summed E-state index contributed by atoms with van der Waals surface area (Å²) in [6.45, 7) is 2.49. The summed E-state index contributed by atoms with van der Waals surface area (Å²) in [6.07, 6.45) is 1.08. The van der Waals surface area contributed by atoms with Crippen LogP contribution in [0.15, 0.2) is 18.2 Å². The molecule has 2 rings (SSSR count). The summed E-state index contributed by atoms with van der Waals surface area (Å²) >= 11 is 11.7. The number of amides is 3. The quantitative estimate of drug-likeness (QED) is 0.623. The first-order valence-corrected chi connectivity index (χ1v) is 10.0. The first-order valence-electron chi connectivity index (χ1n) is 9.26. The van der Waals surface area contributed by atoms with Crippen molar-refractivity contribution in [3.63, 3.8) is 0 Å². The summed E-state index contributed by atoms with van der Waals surface area (Å²) in [5.74, 6) is -1.69. The molecule has 0 aromatic heterocycles. The smallest absolute Gasteiger partial charge is 0.309 e. The van der Waals surface area contributed by atoms with Crippen molar-refractivity contribution in [1.82, 2.24) is 15.5 Å². The maximum Gasteiger partial charge on any atom is 0.309 e. The zero-order valence-corrected chi connectivity index (χ0v) is 17.5. The highest BCUT2D eigenvalue weighted by Crippen LogP contribution is 2.21. The van der Waals surface area contributed by atoms with Crippen LogP contribution in [0.5, 0.6) is 0 Å². The number of likely N-dealkylation sites (tertiary alicyclic amines) is 1. The second-order valence-corrected chi connectivity index (χ2v) is 7.33. The van der Waals surface area contributed by atoms with Gasteiger partial charge in [0, 0.05) is 18.1 Å². The number of nitrogens with one attached hydrogen (secondary N) is 2. The van der Waals surface area contributed by atoms with Gasteiger partial charge in [0.15, 0.2) is 0 Å². The number of nitrogens with zero attached hydrogens (tertiary/aromatic N) is 1. The van der Waals surface area contributed by atoms with Crippen molar-refractivity contribution < 1.29 is 23.9 Å². The fraction of sp³-hybridized carbons (Fsp3) is 0.474. The predicted octanol–water partition coefficient (Wildman–Crippen LogP) is 1.64. The molecule has 1 fully saturated rings. The van der Waals surface area contributed by atoms with Gasteiger partial charge in [0.1, 0.15) is 0 Å². The second kappa shape index (κ2) is 11.0. The van der Waals surface area contributed by atoms with Crippen molar-refractivity contribution in [3.05, 3.63) is 33.8 Å². The van der Waals surface area contributed by atoms with Gasteiger partial charge >= 0.3 is 5.97 Å². The van der Waals surface area contributed by atoms with Crippen LogP contribution in [0, 0.1) is 5.92 Å². The molecule has 1 aliphatic heterocycles. The number of piperidine rings is 1. The molecule has 29 heavy (non-hydrogen) atoms. The summed E-state index contributed by atoms with van der Waals surface area (Å²) < 4.78 is 5.00. The zero-order chi connectivity index (χ0) is 21.4. The minimum absolute atomic E-state index is 0.178. The van der Waals surface area contributed by atoms with Gasteiger partial charge in [-0.15, -0.1) is 0 Å². The number of hydrogen-bond donors (Lipinski definition) is 2. The van der Waals surface area contributed by atoms with E-state index in [2.05, 4.69) is 10.6 Å². The van der Waals surface area contributed by atoms with Crippen LogP contribution >= 0.6 is 23.2 Å². The molecule has 1 aromatic rings. The van der Waals surface area contributed by atoms with Gasteiger partial charge in [-0.05, 0) is 38.0 Å². The van der Waals surface area contributed by atoms with E-state index in [0.717, 1.165) is 0 Å². The number of hydrogen-bond acceptors (Lipinski definition) is 5. The summed E-state index contributed by atoms with van der Waals surface area (Å²) in [4.78, 5) is 49.5. The molecule has 0 bridgehead atoms. The van der Waals surface area contributed by atoms with E-state index >= 15 is 0 Å². The number of carbonyl (C=O) groups is 4. The van der Waals surface area contributed by atoms with Crippen LogP contribution in [-0.4, -0.2) is 61.4 Å². The predicted molar refractivity (Wildman–Crippen MR) is 108 cm³/mol. The van der Waals surface area contributed by atoms with Gasteiger partial charge in [-0.1, -0.05) is 23.2 Å². The molecule has 1 aromatic carbocycles. The van der Waals surface area contributed by atoms with Crippen LogP contribution in [0.4, 0.5) is 0 Å². The molecule has 3 amide bonds. The molecule has 0 unspecified atom stereocenters. The minimum Gasteiger partial charge on any atom is -0.466 e. The maximum absolute atomic E-state index is 12.2. The largest absolute Gasteiger partial charge is 0.466 e. The van der Waals surface area contributed by atoms with Crippen molar-refractivity contribution in [1.29, 1.82) is 0 Å². The summed E-state index contributed by atoms with van der Waals surface area (Å²) in [5, 5.41) is 5.49. The first kappa shape index (κ1) is 23.0. The molecule has 1 aliphatic rings. The minimum atomic E-state index is -0.519. The van der Waals surface area contributed by atoms with Crippen molar-refractivity contribution in [3.8, 4) is 0 Å². The lowest BCUT2D eigenvalue weighted by Gasteiger charge is -2.30. The Kier molecular flexibility index (Phi) is 8.72. The molecule has 0 radical (unpaired) electrons. The van der Waals surface area contributed by atoms with Crippen LogP contribution < -0.4 is 10.6 Å². The zero-order valence-electron chi connectivity index (χ0n) is 16.0. The number of halogens is 2. The van der Waals surface area contributed by atoms with E-state index in [1.165, 1.54) is 18.2 Å². The van der Waals surface area contributed by atoms with Crippen molar-refractivity contribution in [2.45, 2.75) is 19.8 Å². The standard InChI is InChI=1S/C19H23Cl2N3O5/c1-2-29-19(28)12-5-7-24(8-6-12)17(26)11-22-16(25)10-23-18(27)14-4-3-13(20)9-15(14)21/h3-4,9,12H,2,5-8,10-11H2,1H3,(H,22,25)(H,23,27). The number of rotatable bonds is 7. The van der Waals surface area contributed by atoms with E-state index in [4.69, 9.17) is 27.9 Å². The molecule has 0 atom stereocenters. The normalized spacial score (nSPS) is 14.2. The highest BCUT2D eigenvalue weighted by molar-refractivity contribution is 6.36. The molecule has 10 heteroatoms. The number of ether oxygens (including phenoxy) is 1. The highest BCUT2D eigenvalue weighted by atomic mass is 35.5. The Morgan fingerprint density at radius 3 is 2.41 bits per heavy atom. The van der Waals surface area contributed by atoms with Crippen LogP contribution in [0.1, 0.15) is 30.1 Å². The van der Waals surface area contributed by atoms with Gasteiger partial charge in [0.25, 0.3) is 5.91 Å². The third kappa shape index (κ3) is 6.90. The van der Waals surface area contributed by atoms with E-state index in [9.17, 15) is 19.2 Å². The van der Waals surface area contributed by atoms with Crippen molar-refractivity contribution in [2.24, 2.45) is 5.92 Å². The topological polar surface area (TPSA) is 105 Å². The molecular formula is C19H23Cl2N3O5. The van der Waals surface area contributed by atoms with Crippen LogP contribution in [-0.2, 0) is 19.1 Å². The Morgan fingerprint density at radius 2 is 1.79 bits per heavy atom. The molecule has 2 N–H and O–H groups in total. The van der Waals surface area contributed by atoms with Gasteiger partial charge in [0.05, 0.1) is 36.2 Å². The van der Waals surface area contributed by atoms with Crippen LogP contribution in [0.3, 0.4) is 0 Å². The monoisotopic (exact) mass is 443 g/mol. The first-order chi connectivity index (χ1) is 13.8. The summed E-state index contributed by atoms with van der Waals surface area (Å²) in [6, 6.07) is 4.41. The van der Waals surface area contributed by atoms with E-state index in [-0.39, 0.29) is 41.5 Å². The Morgan fingerprint density at radius 1 is 1.10 bits per heavy atom. The Labute approximate surface area is 178 Å². The van der Waals surface area contributed by atoms with Gasteiger partial charge in [-0.3, -0.25) is 19.2 Å². The SMILES string of the molecule is CCOC(=O)C1CCN(C(=O)CNC(=O)CNC(=O)c2ccc(Cl)cc2Cl)CC1. The average molecular weight is 444 g/mol. The third-order valence-corrected chi connectivity index (χ3v) is 5.04. The van der Waals surface area contributed by atoms with Gasteiger partial charge < -0.3 is 20.3 Å². The van der Waals surface area contributed by atoms with E-state index in [0.29, 0.717) is 37.6 Å². The van der Waals surface area contributed by atoms with Gasteiger partial charge in [-0.25, -0.2) is 0 Å². The number of carbonyl (C=O) groups excluding carboxylic acids is 4. The lowest BCUT2D eigenvalue weighted by molar-refractivity contribution is -0.151. The van der Waals surface area contributed by atoms with E-state index < -0.39 is 11.8 Å². The number of benzene rings is 1. The van der Waals surface area contributed by atoms with Crippen molar-refractivity contribution in [2.75, 3.05) is 32.8 Å². The Balaban J connectivity index is 1.70. The lowest BCUT2D eigenvalue weighted by atomic mass is 9.97. The molecule has 0 spiro atoms. The summed E-state index contributed by atoms with van der Waals surface area (Å²) in [5.41, 5.74) is 0.199. The number of esters is 1. The van der Waals surface area contributed by atoms with Crippen molar-refractivity contribution >= 4 is 46.9 Å². The lowest BCUT2D eigenvalue weighted by Crippen LogP contribution is -2.46. The van der Waals surface area contributed by atoms with Crippen LogP contribution in [0.2, 0.25) is 10.0 Å². The molecule has 0 aliphatic carbocycles. The molecule has 1 heterocycles. The van der Waals surface area contributed by atoms with Gasteiger partial charge in [0.2, 0.25) is 11.8 Å². The average Bonchev–Trinajstić information content (AvgIpc) is 2.70. The molecular weight excluding hydrogens is 421 g/mol. The summed E-state index contributed by atoms with van der Waals surface area (Å²) in [7, 11) is 0. The molecule has 158 valence electrons. The van der Waals surface area contributed by atoms with E-state index in [1.807, 2.05) is 0 Å². The Hall–Kier alpha value is -2.32.